The molecule has 3 aromatic rings. The number of carbonyl (C=O) groups is 2. The first-order valence-corrected chi connectivity index (χ1v) is 14.5. The number of aromatic nitrogens is 1. The Kier molecular flexibility index (Phi) is 7.14. The number of hydrogen-bond donors (Lipinski definition) is 2. The maximum atomic E-state index is 13.2. The fourth-order valence-corrected chi connectivity index (χ4v) is 7.09. The summed E-state index contributed by atoms with van der Waals surface area (Å²) in [6.07, 6.45) is 3.30. The fraction of sp³-hybridized carbons (Fsp3) is 0.433. The van der Waals surface area contributed by atoms with Crippen molar-refractivity contribution in [2.24, 2.45) is 5.41 Å². The molecule has 1 aromatic carbocycles. The number of amides is 2. The minimum absolute atomic E-state index is 0.0744. The van der Waals surface area contributed by atoms with Gasteiger partial charge >= 0.3 is 6.03 Å². The van der Waals surface area contributed by atoms with E-state index in [1.165, 1.54) is 0 Å². The van der Waals surface area contributed by atoms with Crippen LogP contribution >= 0.6 is 11.3 Å². The number of carbonyl (C=O) groups excluding carboxylic acids is 2. The number of Topliss-reactive ketones (excluding diaryl/α,β-unsaturated/α-hetero) is 1. The van der Waals surface area contributed by atoms with Crippen LogP contribution in [0.1, 0.15) is 35.5 Å². The number of ether oxygens (including phenoxy) is 1. The van der Waals surface area contributed by atoms with Gasteiger partial charge in [0.05, 0.1) is 28.8 Å². The van der Waals surface area contributed by atoms with Crippen molar-refractivity contribution in [2.75, 3.05) is 62.7 Å². The van der Waals surface area contributed by atoms with Crippen LogP contribution in [0.4, 0.5) is 15.5 Å². The number of nitrogens with zero attached hydrogens (tertiary/aromatic N) is 3. The smallest absolute Gasteiger partial charge is 0.321 e. The van der Waals surface area contributed by atoms with Gasteiger partial charge in [0.15, 0.2) is 5.78 Å². The molecule has 0 bridgehead atoms. The van der Waals surface area contributed by atoms with Crippen molar-refractivity contribution in [1.29, 1.82) is 0 Å². The van der Waals surface area contributed by atoms with Crippen molar-refractivity contribution in [3.8, 4) is 22.4 Å². The summed E-state index contributed by atoms with van der Waals surface area (Å²) in [4.78, 5) is 35.8. The number of benzene rings is 1. The van der Waals surface area contributed by atoms with Gasteiger partial charge in [-0.05, 0) is 47.2 Å². The molecule has 0 saturated carbocycles. The van der Waals surface area contributed by atoms with Gasteiger partial charge in [-0.1, -0.05) is 26.0 Å². The Morgan fingerprint density at radius 2 is 1.85 bits per heavy atom. The Balaban J connectivity index is 1.35. The first-order valence-electron chi connectivity index (χ1n) is 13.7. The van der Waals surface area contributed by atoms with E-state index in [0.29, 0.717) is 32.7 Å². The fourth-order valence-electron chi connectivity index (χ4n) is 5.76. The van der Waals surface area contributed by atoms with E-state index in [2.05, 4.69) is 41.5 Å². The molecule has 2 amide bonds. The molecule has 0 unspecified atom stereocenters. The lowest BCUT2D eigenvalue weighted by Gasteiger charge is -2.30. The summed E-state index contributed by atoms with van der Waals surface area (Å²) in [7, 11) is 0. The number of rotatable bonds is 4. The number of anilines is 2. The lowest BCUT2D eigenvalue weighted by molar-refractivity contribution is 0.0918. The predicted octanol–water partition coefficient (Wildman–Crippen LogP) is 4.91. The maximum Gasteiger partial charge on any atom is 0.321 e. The summed E-state index contributed by atoms with van der Waals surface area (Å²) < 4.78 is 5.63. The number of pyridine rings is 1. The van der Waals surface area contributed by atoms with E-state index in [1.54, 1.807) is 11.3 Å². The largest absolute Gasteiger partial charge is 0.378 e. The molecule has 0 spiro atoms. The van der Waals surface area contributed by atoms with E-state index in [0.717, 1.165) is 76.1 Å². The minimum Gasteiger partial charge on any atom is -0.378 e. The first kappa shape index (κ1) is 26.0. The molecule has 0 atom stereocenters. The van der Waals surface area contributed by atoms with Gasteiger partial charge < -0.3 is 25.2 Å². The number of ketones is 1. The summed E-state index contributed by atoms with van der Waals surface area (Å²) in [6, 6.07) is 11.9. The second kappa shape index (κ2) is 10.7. The van der Waals surface area contributed by atoms with Crippen molar-refractivity contribution in [3.63, 3.8) is 0 Å². The molecule has 39 heavy (non-hydrogen) atoms. The van der Waals surface area contributed by atoms with Gasteiger partial charge in [0.25, 0.3) is 0 Å². The summed E-state index contributed by atoms with van der Waals surface area (Å²) in [6.45, 7) is 10.4. The molecule has 1 aliphatic carbocycles. The number of nitrogens with one attached hydrogen (secondary N) is 2. The zero-order valence-corrected chi connectivity index (χ0v) is 23.4. The molecule has 2 fully saturated rings. The molecule has 4 heterocycles. The Hall–Kier alpha value is -3.27. The first-order chi connectivity index (χ1) is 18.9. The Morgan fingerprint density at radius 1 is 1.05 bits per heavy atom. The Labute approximate surface area is 233 Å². The van der Waals surface area contributed by atoms with Crippen molar-refractivity contribution >= 4 is 33.8 Å². The normalized spacial score (nSPS) is 19.1. The number of hydrogen-bond acceptors (Lipinski definition) is 7. The lowest BCUT2D eigenvalue weighted by atomic mass is 9.75. The zero-order chi connectivity index (χ0) is 27.0. The molecule has 2 aromatic heterocycles. The summed E-state index contributed by atoms with van der Waals surface area (Å²) >= 11 is 1.64. The minimum atomic E-state index is -0.0808. The van der Waals surface area contributed by atoms with Crippen molar-refractivity contribution in [2.45, 2.75) is 26.7 Å². The molecular weight excluding hydrogens is 510 g/mol. The molecule has 8 nitrogen and oxygen atoms in total. The second-order valence-electron chi connectivity index (χ2n) is 11.3. The van der Waals surface area contributed by atoms with Crippen molar-refractivity contribution < 1.29 is 14.3 Å². The van der Waals surface area contributed by atoms with Crippen LogP contribution < -0.4 is 15.5 Å². The highest BCUT2D eigenvalue weighted by molar-refractivity contribution is 7.19. The molecule has 2 N–H and O–H groups in total. The molecule has 0 radical (unpaired) electrons. The van der Waals surface area contributed by atoms with Gasteiger partial charge in [0.2, 0.25) is 0 Å². The van der Waals surface area contributed by atoms with Gasteiger partial charge in [-0.15, -0.1) is 11.3 Å². The van der Waals surface area contributed by atoms with Crippen LogP contribution in [0.25, 0.3) is 22.4 Å². The van der Waals surface area contributed by atoms with Gasteiger partial charge in [-0.3, -0.25) is 9.78 Å². The van der Waals surface area contributed by atoms with Crippen LogP contribution in [-0.2, 0) is 11.2 Å². The molecule has 3 aliphatic rings. The van der Waals surface area contributed by atoms with E-state index in [9.17, 15) is 9.59 Å². The molecular formula is C30H35N5O3S. The van der Waals surface area contributed by atoms with Crippen molar-refractivity contribution in [1.82, 2.24) is 15.2 Å². The van der Waals surface area contributed by atoms with Crippen LogP contribution in [-0.4, -0.2) is 74.2 Å². The number of fused-ring (bicyclic) bond motifs is 1. The summed E-state index contributed by atoms with van der Waals surface area (Å²) in [5.41, 5.74) is 5.83. The van der Waals surface area contributed by atoms with E-state index in [-0.39, 0.29) is 17.2 Å². The highest BCUT2D eigenvalue weighted by Crippen LogP contribution is 2.49. The molecule has 6 rings (SSSR count). The van der Waals surface area contributed by atoms with Crippen LogP contribution in [0.2, 0.25) is 0 Å². The molecule has 2 saturated heterocycles. The Morgan fingerprint density at radius 3 is 2.64 bits per heavy atom. The SMILES string of the molecule is CC1(C)CC(=O)c2sc(N3CCOCC3)c(-c3ccnc(-c4cccc(NC(=O)N5CCNCC5)c4)c3)c2C1. The number of piperazine rings is 1. The summed E-state index contributed by atoms with van der Waals surface area (Å²) in [5.74, 6) is 0.245. The molecule has 9 heteroatoms. The second-order valence-corrected chi connectivity index (χ2v) is 12.3. The third kappa shape index (κ3) is 5.44. The third-order valence-electron chi connectivity index (χ3n) is 7.70. The van der Waals surface area contributed by atoms with Crippen LogP contribution in [0.3, 0.4) is 0 Å². The van der Waals surface area contributed by atoms with Gasteiger partial charge in [-0.25, -0.2) is 4.79 Å². The van der Waals surface area contributed by atoms with Gasteiger partial charge in [0, 0.05) is 68.7 Å². The topological polar surface area (TPSA) is 86.8 Å². The number of thiophene rings is 1. The number of urea groups is 1. The van der Waals surface area contributed by atoms with Gasteiger partial charge in [0.1, 0.15) is 0 Å². The van der Waals surface area contributed by atoms with Crippen molar-refractivity contribution in [3.05, 3.63) is 53.0 Å². The predicted molar refractivity (Wildman–Crippen MR) is 156 cm³/mol. The van der Waals surface area contributed by atoms with E-state index in [1.807, 2.05) is 35.4 Å². The number of morpholine rings is 1. The van der Waals surface area contributed by atoms with E-state index < -0.39 is 0 Å². The van der Waals surface area contributed by atoms with Crippen LogP contribution in [0.5, 0.6) is 0 Å². The van der Waals surface area contributed by atoms with Crippen LogP contribution in [0.15, 0.2) is 42.6 Å². The zero-order valence-electron chi connectivity index (χ0n) is 22.6. The third-order valence-corrected chi connectivity index (χ3v) is 9.03. The quantitative estimate of drug-likeness (QED) is 0.485. The Bertz CT molecular complexity index is 1390. The highest BCUT2D eigenvalue weighted by atomic mass is 32.1. The molecule has 2 aliphatic heterocycles. The van der Waals surface area contributed by atoms with E-state index in [4.69, 9.17) is 9.72 Å². The average Bonchev–Trinajstić information content (AvgIpc) is 3.33. The monoisotopic (exact) mass is 545 g/mol. The highest BCUT2D eigenvalue weighted by Gasteiger charge is 2.37. The summed E-state index contributed by atoms with van der Waals surface area (Å²) in [5, 5.41) is 7.48. The van der Waals surface area contributed by atoms with Crippen LogP contribution in [0, 0.1) is 5.41 Å². The average molecular weight is 546 g/mol. The molecule has 204 valence electrons. The standard InChI is InChI=1S/C30H35N5O3S/c1-30(2)18-23-26(28(34-12-14-38-15-13-34)39-27(23)25(36)19-30)21-6-7-32-24(17-21)20-4-3-5-22(16-20)33-29(37)35-10-8-31-9-11-35/h3-7,16-17,31H,8-15,18-19H2,1-2H3,(H,33,37). The van der Waals surface area contributed by atoms with E-state index >= 15 is 0 Å². The maximum absolute atomic E-state index is 13.2. The lowest BCUT2D eigenvalue weighted by Crippen LogP contribution is -2.48. The van der Waals surface area contributed by atoms with Gasteiger partial charge in [-0.2, -0.15) is 0 Å².